The van der Waals surface area contributed by atoms with Crippen LogP contribution < -0.4 is 10.3 Å². The van der Waals surface area contributed by atoms with Gasteiger partial charge in [0.25, 0.3) is 0 Å². The molecule has 1 N–H and O–H groups in total. The van der Waals surface area contributed by atoms with Gasteiger partial charge in [0, 0.05) is 17.9 Å². The molecule has 3 aromatic rings. The van der Waals surface area contributed by atoms with E-state index in [1.165, 1.54) is 42.6 Å². The van der Waals surface area contributed by atoms with Gasteiger partial charge in [-0.15, -0.1) is 0 Å². The minimum Gasteiger partial charge on any atom is -0.485 e. The van der Waals surface area contributed by atoms with Gasteiger partial charge in [-0.1, -0.05) is 37.6 Å². The molecule has 1 unspecified atom stereocenters. The lowest BCUT2D eigenvalue weighted by molar-refractivity contribution is 0.0695. The lowest BCUT2D eigenvalue weighted by Gasteiger charge is -2.18. The third-order valence-electron chi connectivity index (χ3n) is 4.84. The van der Waals surface area contributed by atoms with Crippen LogP contribution in [0.25, 0.3) is 16.8 Å². The summed E-state index contributed by atoms with van der Waals surface area (Å²) < 4.78 is 44.1. The standard InChI is InChI=1S/C22H22ClFN2O5S/c1-13(2)20(27)12-31-21-17(14-4-7-16(8-5-14)32(3,29)30)11-25-26(22(21)28)15-6-9-18(23)19(24)10-15/h4-11,13,20,27H,12H2,1-3H3. The van der Waals surface area contributed by atoms with Crippen LogP contribution in [0.5, 0.6) is 5.75 Å². The molecule has 32 heavy (non-hydrogen) atoms. The highest BCUT2D eigenvalue weighted by atomic mass is 35.5. The molecule has 2 aromatic carbocycles. The molecule has 1 atom stereocenters. The Kier molecular flexibility index (Phi) is 7.02. The van der Waals surface area contributed by atoms with Crippen molar-refractivity contribution in [1.29, 1.82) is 0 Å². The molecule has 1 heterocycles. The molecule has 7 nitrogen and oxygen atoms in total. The smallest absolute Gasteiger partial charge is 0.314 e. The Balaban J connectivity index is 2.13. The largest absolute Gasteiger partial charge is 0.485 e. The van der Waals surface area contributed by atoms with Gasteiger partial charge in [-0.05, 0) is 35.7 Å². The van der Waals surface area contributed by atoms with Gasteiger partial charge in [0.1, 0.15) is 12.4 Å². The summed E-state index contributed by atoms with van der Waals surface area (Å²) in [6.07, 6.45) is 1.63. The summed E-state index contributed by atoms with van der Waals surface area (Å²) in [5.41, 5.74) is 0.264. The van der Waals surface area contributed by atoms with E-state index in [1.807, 2.05) is 0 Å². The van der Waals surface area contributed by atoms with Crippen molar-refractivity contribution in [3.63, 3.8) is 0 Å². The lowest BCUT2D eigenvalue weighted by Crippen LogP contribution is -2.28. The Labute approximate surface area is 190 Å². The van der Waals surface area contributed by atoms with Gasteiger partial charge < -0.3 is 9.84 Å². The number of rotatable bonds is 7. The van der Waals surface area contributed by atoms with E-state index in [0.717, 1.165) is 17.0 Å². The van der Waals surface area contributed by atoms with Crippen molar-refractivity contribution in [3.8, 4) is 22.6 Å². The molecule has 0 amide bonds. The van der Waals surface area contributed by atoms with Crippen molar-refractivity contribution < 1.29 is 22.7 Å². The molecule has 0 saturated carbocycles. The molecular formula is C22H22ClFN2O5S. The van der Waals surface area contributed by atoms with Gasteiger partial charge >= 0.3 is 5.56 Å². The van der Waals surface area contributed by atoms with Crippen LogP contribution >= 0.6 is 11.6 Å². The molecule has 3 rings (SSSR count). The number of benzene rings is 2. The Morgan fingerprint density at radius 3 is 2.41 bits per heavy atom. The molecule has 170 valence electrons. The average Bonchev–Trinajstić information content (AvgIpc) is 2.74. The van der Waals surface area contributed by atoms with E-state index in [9.17, 15) is 22.7 Å². The average molecular weight is 481 g/mol. The van der Waals surface area contributed by atoms with Crippen LogP contribution in [-0.2, 0) is 9.84 Å². The number of hydrogen-bond donors (Lipinski definition) is 1. The highest BCUT2D eigenvalue weighted by Gasteiger charge is 2.19. The maximum Gasteiger partial charge on any atom is 0.314 e. The number of aliphatic hydroxyl groups is 1. The fraction of sp³-hybridized carbons (Fsp3) is 0.273. The first-order valence-corrected chi connectivity index (χ1v) is 11.9. The second-order valence-electron chi connectivity index (χ2n) is 7.62. The molecule has 0 bridgehead atoms. The molecular weight excluding hydrogens is 459 g/mol. The number of sulfone groups is 1. The number of halogens is 2. The molecule has 0 aliphatic heterocycles. The predicted octanol–water partition coefficient (Wildman–Crippen LogP) is 3.49. The SMILES string of the molecule is CC(C)C(O)COc1c(-c2ccc(S(C)(=O)=O)cc2)cnn(-c2ccc(Cl)c(F)c2)c1=O. The third kappa shape index (κ3) is 5.17. The van der Waals surface area contributed by atoms with E-state index in [2.05, 4.69) is 5.10 Å². The van der Waals surface area contributed by atoms with Crippen LogP contribution in [0.1, 0.15) is 13.8 Å². The number of ether oxygens (including phenoxy) is 1. The van der Waals surface area contributed by atoms with E-state index >= 15 is 0 Å². The summed E-state index contributed by atoms with van der Waals surface area (Å²) in [5.74, 6) is -0.930. The van der Waals surface area contributed by atoms with Crippen molar-refractivity contribution in [2.45, 2.75) is 24.8 Å². The Bertz CT molecular complexity index is 1290. The number of nitrogens with zero attached hydrogens (tertiary/aromatic N) is 2. The first kappa shape index (κ1) is 23.9. The van der Waals surface area contributed by atoms with Crippen LogP contribution in [0.15, 0.2) is 58.4 Å². The van der Waals surface area contributed by atoms with Gasteiger partial charge in [0.15, 0.2) is 15.6 Å². The Morgan fingerprint density at radius 1 is 1.19 bits per heavy atom. The maximum absolute atomic E-state index is 13.9. The number of aromatic nitrogens is 2. The van der Waals surface area contributed by atoms with E-state index in [4.69, 9.17) is 16.3 Å². The predicted molar refractivity (Wildman–Crippen MR) is 120 cm³/mol. The van der Waals surface area contributed by atoms with Crippen molar-refractivity contribution in [2.24, 2.45) is 5.92 Å². The second-order valence-corrected chi connectivity index (χ2v) is 10.0. The normalized spacial score (nSPS) is 12.7. The first-order chi connectivity index (χ1) is 15.0. The third-order valence-corrected chi connectivity index (χ3v) is 6.28. The maximum atomic E-state index is 13.9. The molecule has 1 aromatic heterocycles. The van der Waals surface area contributed by atoms with Crippen LogP contribution in [0.2, 0.25) is 5.02 Å². The van der Waals surface area contributed by atoms with Crippen LogP contribution in [-0.4, -0.2) is 42.3 Å². The van der Waals surface area contributed by atoms with E-state index < -0.39 is 27.3 Å². The van der Waals surface area contributed by atoms with Gasteiger partial charge in [0.2, 0.25) is 0 Å². The quantitative estimate of drug-likeness (QED) is 0.555. The molecule has 0 aliphatic rings. The molecule has 0 spiro atoms. The summed E-state index contributed by atoms with van der Waals surface area (Å²) in [6.45, 7) is 3.46. The van der Waals surface area contributed by atoms with Crippen molar-refractivity contribution in [3.05, 3.63) is 69.9 Å². The highest BCUT2D eigenvalue weighted by Crippen LogP contribution is 2.28. The second kappa shape index (κ2) is 9.40. The van der Waals surface area contributed by atoms with Crippen LogP contribution in [0, 0.1) is 11.7 Å². The van der Waals surface area contributed by atoms with E-state index in [1.54, 1.807) is 13.8 Å². The van der Waals surface area contributed by atoms with Gasteiger partial charge in [-0.3, -0.25) is 4.79 Å². The fourth-order valence-electron chi connectivity index (χ4n) is 2.83. The highest BCUT2D eigenvalue weighted by molar-refractivity contribution is 7.90. The first-order valence-electron chi connectivity index (χ1n) is 9.68. The summed E-state index contributed by atoms with van der Waals surface area (Å²) in [4.78, 5) is 13.3. The summed E-state index contributed by atoms with van der Waals surface area (Å²) in [5, 5.41) is 14.2. The molecule has 0 radical (unpaired) electrons. The van der Waals surface area contributed by atoms with Crippen LogP contribution in [0.4, 0.5) is 4.39 Å². The minimum absolute atomic E-state index is 0.0964. The Hall–Kier alpha value is -2.75. The minimum atomic E-state index is -3.39. The summed E-state index contributed by atoms with van der Waals surface area (Å²) >= 11 is 5.73. The van der Waals surface area contributed by atoms with Gasteiger partial charge in [-0.2, -0.15) is 9.78 Å². The Morgan fingerprint density at radius 2 is 1.84 bits per heavy atom. The topological polar surface area (TPSA) is 98.5 Å². The monoisotopic (exact) mass is 480 g/mol. The van der Waals surface area contributed by atoms with Crippen molar-refractivity contribution in [2.75, 3.05) is 12.9 Å². The van der Waals surface area contributed by atoms with Crippen molar-refractivity contribution >= 4 is 21.4 Å². The lowest BCUT2D eigenvalue weighted by atomic mass is 10.1. The zero-order valence-electron chi connectivity index (χ0n) is 17.6. The molecule has 0 aliphatic carbocycles. The molecule has 10 heteroatoms. The van der Waals surface area contributed by atoms with E-state index in [0.29, 0.717) is 11.1 Å². The zero-order chi connectivity index (χ0) is 23.6. The van der Waals surface area contributed by atoms with Crippen LogP contribution in [0.3, 0.4) is 0 Å². The summed E-state index contributed by atoms with van der Waals surface area (Å²) in [7, 11) is -3.39. The summed E-state index contributed by atoms with van der Waals surface area (Å²) in [6, 6.07) is 9.71. The number of aliphatic hydroxyl groups excluding tert-OH is 1. The van der Waals surface area contributed by atoms with Gasteiger partial charge in [-0.25, -0.2) is 12.8 Å². The van der Waals surface area contributed by atoms with E-state index in [-0.39, 0.29) is 33.9 Å². The van der Waals surface area contributed by atoms with Crippen molar-refractivity contribution in [1.82, 2.24) is 9.78 Å². The zero-order valence-corrected chi connectivity index (χ0v) is 19.2. The molecule has 0 saturated heterocycles. The molecule has 0 fully saturated rings. The van der Waals surface area contributed by atoms with Gasteiger partial charge in [0.05, 0.1) is 27.9 Å². The fourth-order valence-corrected chi connectivity index (χ4v) is 3.57. The number of hydrogen-bond acceptors (Lipinski definition) is 6.